The minimum atomic E-state index is -0.274. The predicted molar refractivity (Wildman–Crippen MR) is 213 cm³/mol. The summed E-state index contributed by atoms with van der Waals surface area (Å²) in [4.78, 5) is 14.8. The van der Waals surface area contributed by atoms with Gasteiger partial charge in [-0.25, -0.2) is 15.0 Å². The first-order chi connectivity index (χ1) is 27.3. The summed E-state index contributed by atoms with van der Waals surface area (Å²) in [5.41, 5.74) is 4.69. The number of benzene rings is 7. The van der Waals surface area contributed by atoms with Crippen LogP contribution in [-0.4, -0.2) is 15.0 Å². The van der Waals surface area contributed by atoms with Crippen molar-refractivity contribution in [3.63, 3.8) is 0 Å². The van der Waals surface area contributed by atoms with Crippen LogP contribution in [0.25, 0.3) is 96.8 Å². The van der Waals surface area contributed by atoms with Crippen LogP contribution in [0, 0.1) is 0 Å². The molecule has 3 nitrogen and oxygen atoms in total. The third-order valence-corrected chi connectivity index (χ3v) is 11.2. The predicted octanol–water partition coefficient (Wildman–Crippen LogP) is 12.9. The Hall–Kier alpha value is -6.01. The molecular weight excluding hydrogens is 647 g/mol. The average molecular weight is 680 g/mol. The van der Waals surface area contributed by atoms with Gasteiger partial charge >= 0.3 is 0 Å². The van der Waals surface area contributed by atoms with Crippen LogP contribution in [0.1, 0.15) is 8.22 Å². The molecular formula is C45H27N3S2. The lowest BCUT2D eigenvalue weighted by Crippen LogP contribution is -2.00. The maximum absolute atomic E-state index is 9.65. The van der Waals surface area contributed by atoms with Gasteiger partial charge in [-0.15, -0.1) is 22.7 Å². The zero-order chi connectivity index (χ0) is 38.2. The lowest BCUT2D eigenvalue weighted by atomic mass is 9.98. The van der Waals surface area contributed by atoms with Gasteiger partial charge in [-0.3, -0.25) is 0 Å². The summed E-state index contributed by atoms with van der Waals surface area (Å²) in [5.74, 6) is 0.857. The van der Waals surface area contributed by atoms with Gasteiger partial charge in [-0.1, -0.05) is 139 Å². The maximum atomic E-state index is 9.65. The SMILES string of the molecule is [2H]c1c([2H])c([2H])c2c(sc3c([2H])c(-c4nc(-c5ccccc5)nc(-c5cccc6c5sc5ccccc56)n4)c([2H])c([2H])c32)c1-c1cccc(-c2ccccc2)c1. The van der Waals surface area contributed by atoms with Crippen LogP contribution in [0.15, 0.2) is 164 Å². The van der Waals surface area contributed by atoms with Gasteiger partial charge < -0.3 is 0 Å². The minimum Gasteiger partial charge on any atom is -0.208 e. The van der Waals surface area contributed by atoms with Crippen molar-refractivity contribution in [2.45, 2.75) is 0 Å². The number of rotatable bonds is 5. The van der Waals surface area contributed by atoms with Gasteiger partial charge in [-0.2, -0.15) is 0 Å². The number of hydrogen-bond donors (Lipinski definition) is 0. The normalized spacial score (nSPS) is 13.3. The molecule has 0 bridgehead atoms. The molecule has 0 radical (unpaired) electrons. The second kappa shape index (κ2) is 11.8. The zero-order valence-electron chi connectivity index (χ0n) is 32.3. The first-order valence-corrected chi connectivity index (χ1v) is 17.8. The van der Waals surface area contributed by atoms with Gasteiger partial charge in [0.2, 0.25) is 0 Å². The number of hydrogen-bond acceptors (Lipinski definition) is 5. The molecule has 0 atom stereocenters. The van der Waals surface area contributed by atoms with Gasteiger partial charge in [0.05, 0.1) is 8.22 Å². The van der Waals surface area contributed by atoms with Crippen LogP contribution in [0.3, 0.4) is 0 Å². The molecule has 3 aromatic heterocycles. The van der Waals surface area contributed by atoms with Crippen molar-refractivity contribution in [1.29, 1.82) is 0 Å². The number of fused-ring (bicyclic) bond motifs is 6. The first-order valence-electron chi connectivity index (χ1n) is 19.1. The molecule has 5 heteroatoms. The van der Waals surface area contributed by atoms with Crippen LogP contribution in [0.5, 0.6) is 0 Å². The zero-order valence-corrected chi connectivity index (χ0v) is 27.9. The van der Waals surface area contributed by atoms with Crippen molar-refractivity contribution in [2.75, 3.05) is 0 Å². The van der Waals surface area contributed by atoms with E-state index in [1.54, 1.807) is 11.3 Å². The van der Waals surface area contributed by atoms with E-state index in [-0.39, 0.29) is 53.0 Å². The second-order valence-corrected chi connectivity index (χ2v) is 14.0. The molecule has 234 valence electrons. The van der Waals surface area contributed by atoms with Crippen LogP contribution < -0.4 is 0 Å². The highest BCUT2D eigenvalue weighted by Gasteiger charge is 2.18. The highest BCUT2D eigenvalue weighted by atomic mass is 32.1. The molecule has 0 fully saturated rings. The van der Waals surface area contributed by atoms with Crippen molar-refractivity contribution in [2.24, 2.45) is 0 Å². The Morgan fingerprint density at radius 1 is 0.400 bits per heavy atom. The molecule has 10 aromatic rings. The third kappa shape index (κ3) is 4.90. The molecule has 10 rings (SSSR count). The summed E-state index contributed by atoms with van der Waals surface area (Å²) in [6.07, 6.45) is 0. The van der Waals surface area contributed by atoms with Gasteiger partial charge in [0.25, 0.3) is 0 Å². The van der Waals surface area contributed by atoms with E-state index < -0.39 is 0 Å². The summed E-state index contributed by atoms with van der Waals surface area (Å²) in [5, 5.41) is 2.75. The molecule has 0 N–H and O–H groups in total. The smallest absolute Gasteiger partial charge is 0.165 e. The van der Waals surface area contributed by atoms with Crippen LogP contribution in [0.4, 0.5) is 0 Å². The number of thiophene rings is 2. The summed E-state index contributed by atoms with van der Waals surface area (Å²) >= 11 is 2.85. The standard InChI is InChI=1S/C45H27N3S2/c1-3-12-28(13-4-1)30-16-9-17-31(26-30)33-19-10-20-37-35-25-24-32(27-40(35)50-41(33)37)44-46-43(29-14-5-2-6-15-29)47-45(48-44)38-22-11-21-36-34-18-7-8-23-39(34)49-42(36)38/h1-27H/i10D,19D,20D,24D,25D,27D. The van der Waals surface area contributed by atoms with E-state index in [0.29, 0.717) is 37.6 Å². The molecule has 0 spiro atoms. The number of nitrogens with zero attached hydrogens (tertiary/aromatic N) is 3. The van der Waals surface area contributed by atoms with Gasteiger partial charge in [0, 0.05) is 57.0 Å². The Morgan fingerprint density at radius 2 is 1.04 bits per heavy atom. The van der Waals surface area contributed by atoms with Crippen molar-refractivity contribution >= 4 is 63.0 Å². The Morgan fingerprint density at radius 3 is 1.90 bits per heavy atom. The summed E-state index contributed by atoms with van der Waals surface area (Å²) in [7, 11) is 0. The highest BCUT2D eigenvalue weighted by Crippen LogP contribution is 2.43. The average Bonchev–Trinajstić information content (AvgIpc) is 3.83. The van der Waals surface area contributed by atoms with E-state index in [1.807, 2.05) is 109 Å². The van der Waals surface area contributed by atoms with E-state index in [1.165, 1.54) is 11.3 Å². The minimum absolute atomic E-state index is 0.0557. The molecule has 7 aromatic carbocycles. The second-order valence-electron chi connectivity index (χ2n) is 11.9. The topological polar surface area (TPSA) is 38.7 Å². The molecule has 3 heterocycles. The fourth-order valence-corrected chi connectivity index (χ4v) is 8.81. The molecule has 0 saturated heterocycles. The van der Waals surface area contributed by atoms with E-state index in [0.717, 1.165) is 42.4 Å². The van der Waals surface area contributed by atoms with Crippen molar-refractivity contribution < 1.29 is 8.22 Å². The van der Waals surface area contributed by atoms with Crippen molar-refractivity contribution in [3.05, 3.63) is 164 Å². The molecule has 50 heavy (non-hydrogen) atoms. The largest absolute Gasteiger partial charge is 0.208 e. The molecule has 0 aliphatic rings. The summed E-state index contributed by atoms with van der Waals surface area (Å²) < 4.78 is 58.4. The monoisotopic (exact) mass is 679 g/mol. The lowest BCUT2D eigenvalue weighted by molar-refractivity contribution is 1.08. The Balaban J connectivity index is 1.24. The first kappa shape index (κ1) is 23.4. The van der Waals surface area contributed by atoms with Crippen LogP contribution >= 0.6 is 22.7 Å². The van der Waals surface area contributed by atoms with Crippen LogP contribution in [-0.2, 0) is 0 Å². The maximum Gasteiger partial charge on any atom is 0.165 e. The van der Waals surface area contributed by atoms with E-state index >= 15 is 0 Å². The van der Waals surface area contributed by atoms with E-state index in [2.05, 4.69) is 18.2 Å². The van der Waals surface area contributed by atoms with Gasteiger partial charge in [0.1, 0.15) is 0 Å². The Kier molecular flexibility index (Phi) is 5.54. The molecule has 0 amide bonds. The quantitative estimate of drug-likeness (QED) is 0.182. The molecule has 0 aliphatic heterocycles. The van der Waals surface area contributed by atoms with E-state index in [9.17, 15) is 4.11 Å². The lowest BCUT2D eigenvalue weighted by Gasteiger charge is -2.09. The summed E-state index contributed by atoms with van der Waals surface area (Å²) in [6.45, 7) is 0. The fourth-order valence-electron chi connectivity index (χ4n) is 6.46. The fraction of sp³-hybridized carbons (Fsp3) is 0. The molecule has 0 saturated carbocycles. The highest BCUT2D eigenvalue weighted by molar-refractivity contribution is 7.26. The van der Waals surface area contributed by atoms with Crippen molar-refractivity contribution in [3.8, 4) is 56.4 Å². The third-order valence-electron chi connectivity index (χ3n) is 8.86. The van der Waals surface area contributed by atoms with Crippen molar-refractivity contribution in [1.82, 2.24) is 15.0 Å². The van der Waals surface area contributed by atoms with E-state index in [4.69, 9.17) is 19.1 Å². The van der Waals surface area contributed by atoms with Gasteiger partial charge in [0.15, 0.2) is 17.5 Å². The summed E-state index contributed by atoms with van der Waals surface area (Å²) in [6, 6.07) is 40.3. The Labute approximate surface area is 305 Å². The Bertz CT molecular complexity index is 3220. The van der Waals surface area contributed by atoms with Gasteiger partial charge in [-0.05, 0) is 46.5 Å². The molecule has 0 unspecified atom stereocenters. The molecule has 0 aliphatic carbocycles. The number of aromatic nitrogens is 3. The van der Waals surface area contributed by atoms with Crippen LogP contribution in [0.2, 0.25) is 0 Å².